The predicted molar refractivity (Wildman–Crippen MR) is 76.4 cm³/mol. The van der Waals surface area contributed by atoms with Crippen LogP contribution in [-0.2, 0) is 0 Å². The van der Waals surface area contributed by atoms with E-state index in [1.807, 2.05) is 0 Å². The summed E-state index contributed by atoms with van der Waals surface area (Å²) in [6.07, 6.45) is 2.60. The highest BCUT2D eigenvalue weighted by Crippen LogP contribution is 2.44. The number of likely N-dealkylation sites (tertiary alicyclic amines) is 2. The highest BCUT2D eigenvalue weighted by atomic mass is 15.3. The maximum atomic E-state index is 2.67. The zero-order valence-corrected chi connectivity index (χ0v) is 12.8. The lowest BCUT2D eigenvalue weighted by Gasteiger charge is -2.28. The van der Waals surface area contributed by atoms with E-state index >= 15 is 0 Å². The molecule has 0 aromatic rings. The molecule has 0 aromatic carbocycles. The van der Waals surface area contributed by atoms with Crippen LogP contribution in [0.1, 0.15) is 47.5 Å². The van der Waals surface area contributed by atoms with E-state index in [0.29, 0.717) is 5.41 Å². The first kappa shape index (κ1) is 15.0. The van der Waals surface area contributed by atoms with Gasteiger partial charge in [-0.25, -0.2) is 0 Å². The summed E-state index contributed by atoms with van der Waals surface area (Å²) >= 11 is 0. The molecule has 2 saturated heterocycles. The fourth-order valence-electron chi connectivity index (χ4n) is 3.39. The van der Waals surface area contributed by atoms with Gasteiger partial charge in [-0.15, -0.1) is 0 Å². The molecular weight excluding hydrogens is 208 g/mol. The van der Waals surface area contributed by atoms with Crippen molar-refractivity contribution in [3.05, 3.63) is 0 Å². The summed E-state index contributed by atoms with van der Waals surface area (Å²) in [7, 11) is 2.27. The zero-order valence-electron chi connectivity index (χ0n) is 12.8. The van der Waals surface area contributed by atoms with Crippen molar-refractivity contribution >= 4 is 0 Å². The van der Waals surface area contributed by atoms with Crippen LogP contribution in [0, 0.1) is 11.3 Å². The number of hydrogen-bond donors (Lipinski definition) is 0. The van der Waals surface area contributed by atoms with Crippen LogP contribution in [0.25, 0.3) is 0 Å². The predicted octanol–water partition coefficient (Wildman–Crippen LogP) is 3.08. The van der Waals surface area contributed by atoms with Crippen molar-refractivity contribution in [3.8, 4) is 0 Å². The fourth-order valence-corrected chi connectivity index (χ4v) is 3.39. The lowest BCUT2D eigenvalue weighted by atomic mass is 9.79. The minimum absolute atomic E-state index is 0.624. The molecule has 0 spiro atoms. The summed E-state index contributed by atoms with van der Waals surface area (Å²) in [6.45, 7) is 16.6. The smallest absolute Gasteiger partial charge is 0.00566 e. The number of fused-ring (bicyclic) bond motifs is 1. The van der Waals surface area contributed by atoms with Gasteiger partial charge in [0.05, 0.1) is 0 Å². The molecule has 0 aromatic heterocycles. The largest absolute Gasteiger partial charge is 0.305 e. The number of nitrogens with zero attached hydrogens (tertiary/aromatic N) is 2. The molecule has 2 aliphatic heterocycles. The third-order valence-electron chi connectivity index (χ3n) is 4.39. The van der Waals surface area contributed by atoms with Gasteiger partial charge in [0.15, 0.2) is 0 Å². The van der Waals surface area contributed by atoms with Crippen LogP contribution < -0.4 is 0 Å². The van der Waals surface area contributed by atoms with Gasteiger partial charge in [-0.2, -0.15) is 0 Å². The monoisotopic (exact) mass is 240 g/mol. The molecule has 2 heteroatoms. The fraction of sp³-hybridized carbons (Fsp3) is 1.00. The maximum absolute atomic E-state index is 2.67. The summed E-state index contributed by atoms with van der Waals surface area (Å²) < 4.78 is 0. The van der Waals surface area contributed by atoms with Gasteiger partial charge in [0, 0.05) is 37.6 Å². The summed E-state index contributed by atoms with van der Waals surface area (Å²) in [6, 6.07) is 0.731. The Balaban J connectivity index is 0.000000437. The van der Waals surface area contributed by atoms with Crippen LogP contribution in [0.15, 0.2) is 0 Å². The molecule has 0 N–H and O–H groups in total. The average Bonchev–Trinajstić information content (AvgIpc) is 2.72. The minimum atomic E-state index is 0.624. The Morgan fingerprint density at radius 3 is 2.12 bits per heavy atom. The van der Waals surface area contributed by atoms with Crippen molar-refractivity contribution in [2.45, 2.75) is 53.5 Å². The summed E-state index contributed by atoms with van der Waals surface area (Å²) in [4.78, 5) is 5.19. The second kappa shape index (κ2) is 6.19. The van der Waals surface area contributed by atoms with Gasteiger partial charge in [0.1, 0.15) is 0 Å². The molecule has 2 fully saturated rings. The SMILES string of the molecule is CCC.CC[C@]12CN(C)C[C@H]1CN(C(C)C)C2. The summed E-state index contributed by atoms with van der Waals surface area (Å²) in [5, 5.41) is 0. The average molecular weight is 240 g/mol. The van der Waals surface area contributed by atoms with Crippen molar-refractivity contribution in [3.63, 3.8) is 0 Å². The van der Waals surface area contributed by atoms with Gasteiger partial charge in [-0.05, 0) is 33.2 Å². The Kier molecular flexibility index (Phi) is 5.46. The Morgan fingerprint density at radius 2 is 1.71 bits per heavy atom. The lowest BCUT2D eigenvalue weighted by molar-refractivity contribution is 0.196. The van der Waals surface area contributed by atoms with Crippen LogP contribution in [0.2, 0.25) is 0 Å². The van der Waals surface area contributed by atoms with E-state index in [0.717, 1.165) is 12.0 Å². The maximum Gasteiger partial charge on any atom is 0.00566 e. The highest BCUT2D eigenvalue weighted by molar-refractivity contribution is 5.03. The molecule has 2 atom stereocenters. The van der Waals surface area contributed by atoms with Crippen LogP contribution in [0.4, 0.5) is 0 Å². The Morgan fingerprint density at radius 1 is 1.12 bits per heavy atom. The molecule has 0 amide bonds. The third kappa shape index (κ3) is 3.23. The van der Waals surface area contributed by atoms with E-state index in [1.54, 1.807) is 0 Å². The van der Waals surface area contributed by atoms with Crippen molar-refractivity contribution in [1.29, 1.82) is 0 Å². The van der Waals surface area contributed by atoms with E-state index in [9.17, 15) is 0 Å². The highest BCUT2D eigenvalue weighted by Gasteiger charge is 2.50. The quantitative estimate of drug-likeness (QED) is 0.732. The first-order valence-corrected chi connectivity index (χ1v) is 7.41. The molecule has 2 heterocycles. The van der Waals surface area contributed by atoms with Gasteiger partial charge in [-0.3, -0.25) is 4.90 Å². The van der Waals surface area contributed by atoms with Gasteiger partial charge in [-0.1, -0.05) is 27.2 Å². The molecule has 2 rings (SSSR count). The van der Waals surface area contributed by atoms with Crippen LogP contribution >= 0.6 is 0 Å². The first-order valence-electron chi connectivity index (χ1n) is 7.41. The summed E-state index contributed by atoms with van der Waals surface area (Å²) in [5.74, 6) is 0.930. The van der Waals surface area contributed by atoms with E-state index in [4.69, 9.17) is 0 Å². The van der Waals surface area contributed by atoms with E-state index in [-0.39, 0.29) is 0 Å². The molecule has 2 aliphatic rings. The topological polar surface area (TPSA) is 6.48 Å². The van der Waals surface area contributed by atoms with Crippen LogP contribution in [0.3, 0.4) is 0 Å². The van der Waals surface area contributed by atoms with E-state index in [2.05, 4.69) is 51.5 Å². The first-order chi connectivity index (χ1) is 7.99. The van der Waals surface area contributed by atoms with Crippen molar-refractivity contribution in [2.75, 3.05) is 33.2 Å². The lowest BCUT2D eigenvalue weighted by Crippen LogP contribution is -2.35. The van der Waals surface area contributed by atoms with Crippen molar-refractivity contribution < 1.29 is 0 Å². The standard InChI is InChI=1S/C12H24N2.C3H8/c1-5-12-8-13(4)6-11(12)7-14(9-12)10(2)3;1-3-2/h10-11H,5-9H2,1-4H3;3H2,1-2H3/t11-,12+;/m0./s1. The van der Waals surface area contributed by atoms with Gasteiger partial charge in [0.2, 0.25) is 0 Å². The number of rotatable bonds is 2. The molecule has 2 nitrogen and oxygen atoms in total. The molecule has 102 valence electrons. The molecule has 0 unspecified atom stereocenters. The third-order valence-corrected chi connectivity index (χ3v) is 4.39. The van der Waals surface area contributed by atoms with E-state index < -0.39 is 0 Å². The number of hydrogen-bond acceptors (Lipinski definition) is 2. The van der Waals surface area contributed by atoms with E-state index in [1.165, 1.54) is 39.0 Å². The normalized spacial score (nSPS) is 33.7. The molecule has 17 heavy (non-hydrogen) atoms. The molecule has 0 bridgehead atoms. The molecular formula is C15H32N2. The second-order valence-corrected chi connectivity index (χ2v) is 6.34. The second-order valence-electron chi connectivity index (χ2n) is 6.34. The minimum Gasteiger partial charge on any atom is -0.305 e. The molecule has 0 radical (unpaired) electrons. The molecule has 0 aliphatic carbocycles. The van der Waals surface area contributed by atoms with Crippen LogP contribution in [-0.4, -0.2) is 49.1 Å². The molecule has 0 saturated carbocycles. The zero-order chi connectivity index (χ0) is 13.1. The Hall–Kier alpha value is -0.0800. The van der Waals surface area contributed by atoms with Crippen LogP contribution in [0.5, 0.6) is 0 Å². The van der Waals surface area contributed by atoms with Gasteiger partial charge >= 0.3 is 0 Å². The van der Waals surface area contributed by atoms with Gasteiger partial charge < -0.3 is 4.90 Å². The Labute approximate surface area is 108 Å². The summed E-state index contributed by atoms with van der Waals surface area (Å²) in [5.41, 5.74) is 0.624. The van der Waals surface area contributed by atoms with Gasteiger partial charge in [0.25, 0.3) is 0 Å². The van der Waals surface area contributed by atoms with Crippen molar-refractivity contribution in [1.82, 2.24) is 9.80 Å². The Bertz CT molecular complexity index is 227. The van der Waals surface area contributed by atoms with Crippen molar-refractivity contribution in [2.24, 2.45) is 11.3 Å².